The number of aliphatic carboxylic acids is 1. The van der Waals surface area contributed by atoms with Gasteiger partial charge >= 0.3 is 15.3 Å². The van der Waals surface area contributed by atoms with Crippen LogP contribution in [-0.4, -0.2) is 50.4 Å². The van der Waals surface area contributed by atoms with Crippen LogP contribution in [0.2, 0.25) is 6.04 Å². The predicted octanol–water partition coefficient (Wildman–Crippen LogP) is 2.30. The van der Waals surface area contributed by atoms with E-state index >= 15 is 0 Å². The summed E-state index contributed by atoms with van der Waals surface area (Å²) in [6.45, 7) is 21.6. The van der Waals surface area contributed by atoms with Crippen molar-refractivity contribution >= 4 is 45.3 Å². The molecule has 1 aliphatic heterocycles. The van der Waals surface area contributed by atoms with E-state index in [-0.39, 0.29) is 29.1 Å². The Bertz CT molecular complexity index is 590. The van der Waals surface area contributed by atoms with Gasteiger partial charge in [0.1, 0.15) is 0 Å². The molecule has 0 aliphatic carbocycles. The largest absolute Gasteiger partial charge is 0.478 e. The molecule has 0 bridgehead atoms. The molecule has 1 atom stereocenters. The molecular formula is C20H44O6Si4. The lowest BCUT2D eigenvalue weighted by molar-refractivity contribution is -0.138. The SMILES string of the molecule is CC(=C(C(=O)O)C(C(C)C)(C(C)C)C(C)(C)C(C)C[SiH]1O[SiH2]O[SiH2]O[SiH2]O1)C(C)C. The van der Waals surface area contributed by atoms with Crippen LogP contribution in [0.4, 0.5) is 0 Å². The van der Waals surface area contributed by atoms with Gasteiger partial charge in [-0.3, -0.25) is 0 Å². The summed E-state index contributed by atoms with van der Waals surface area (Å²) in [7, 11) is -4.76. The van der Waals surface area contributed by atoms with Crippen molar-refractivity contribution in [3.8, 4) is 0 Å². The van der Waals surface area contributed by atoms with Gasteiger partial charge < -0.3 is 21.6 Å². The Labute approximate surface area is 192 Å². The lowest BCUT2D eigenvalue weighted by Gasteiger charge is -2.57. The fraction of sp³-hybridized carbons (Fsp3) is 0.850. The molecule has 6 nitrogen and oxygen atoms in total. The second kappa shape index (κ2) is 11.7. The fourth-order valence-electron chi connectivity index (χ4n) is 5.56. The second-order valence-corrected chi connectivity index (χ2v) is 18.0. The first kappa shape index (κ1) is 28.0. The van der Waals surface area contributed by atoms with Gasteiger partial charge in [-0.2, -0.15) is 0 Å². The van der Waals surface area contributed by atoms with Gasteiger partial charge in [-0.05, 0) is 42.1 Å². The van der Waals surface area contributed by atoms with Gasteiger partial charge in [0, 0.05) is 11.0 Å². The topological polar surface area (TPSA) is 74.2 Å². The van der Waals surface area contributed by atoms with E-state index in [1.165, 1.54) is 0 Å². The van der Waals surface area contributed by atoms with Crippen molar-refractivity contribution in [3.05, 3.63) is 11.1 Å². The van der Waals surface area contributed by atoms with Crippen molar-refractivity contribution < 1.29 is 26.4 Å². The van der Waals surface area contributed by atoms with Gasteiger partial charge in [0.25, 0.3) is 30.0 Å². The number of rotatable bonds is 9. The van der Waals surface area contributed by atoms with E-state index in [9.17, 15) is 9.90 Å². The minimum absolute atomic E-state index is 0.164. The summed E-state index contributed by atoms with van der Waals surface area (Å²) in [5.74, 6) is -0.0469. The van der Waals surface area contributed by atoms with E-state index in [0.717, 1.165) is 11.6 Å². The third kappa shape index (κ3) is 5.83. The Morgan fingerprint density at radius 1 is 0.933 bits per heavy atom. The molecular weight excluding hydrogens is 449 g/mol. The summed E-state index contributed by atoms with van der Waals surface area (Å²) in [5, 5.41) is 10.4. The van der Waals surface area contributed by atoms with E-state index < -0.39 is 50.7 Å². The third-order valence-electron chi connectivity index (χ3n) is 7.39. The average Bonchev–Trinajstić information content (AvgIpc) is 2.59. The van der Waals surface area contributed by atoms with E-state index in [1.807, 2.05) is 6.92 Å². The van der Waals surface area contributed by atoms with Crippen LogP contribution in [0.5, 0.6) is 0 Å². The number of carbonyl (C=O) groups is 1. The lowest BCUT2D eigenvalue weighted by atomic mass is 9.47. The maximum Gasteiger partial charge on any atom is 0.332 e. The molecule has 0 radical (unpaired) electrons. The molecule has 0 spiro atoms. The second-order valence-electron chi connectivity index (χ2n) is 10.1. The highest BCUT2D eigenvalue weighted by atomic mass is 28.4. The molecule has 0 aromatic rings. The van der Waals surface area contributed by atoms with Gasteiger partial charge in [-0.1, -0.05) is 67.9 Å². The molecule has 1 saturated heterocycles. The van der Waals surface area contributed by atoms with Gasteiger partial charge in [-0.25, -0.2) is 4.79 Å². The van der Waals surface area contributed by atoms with Gasteiger partial charge in [0.2, 0.25) is 0 Å². The maximum atomic E-state index is 12.7. The molecule has 1 aliphatic rings. The first-order valence-electron chi connectivity index (χ1n) is 11.1. The van der Waals surface area contributed by atoms with Gasteiger partial charge in [0.05, 0.1) is 0 Å². The number of carboxylic acids is 1. The van der Waals surface area contributed by atoms with E-state index in [1.54, 1.807) is 0 Å². The third-order valence-corrected chi connectivity index (χ3v) is 15.2. The zero-order valence-corrected chi connectivity index (χ0v) is 26.1. The average molecular weight is 493 g/mol. The molecule has 0 aromatic carbocycles. The van der Waals surface area contributed by atoms with E-state index in [0.29, 0.717) is 5.57 Å². The molecule has 1 rings (SSSR count). The lowest BCUT2D eigenvalue weighted by Crippen LogP contribution is -2.53. The number of carboxylic acid groups (broad SMARTS) is 1. The van der Waals surface area contributed by atoms with Crippen LogP contribution < -0.4 is 0 Å². The summed E-state index contributed by atoms with van der Waals surface area (Å²) < 4.78 is 23.3. The van der Waals surface area contributed by atoms with Crippen LogP contribution >= 0.6 is 0 Å². The normalized spacial score (nSPS) is 23.8. The molecule has 30 heavy (non-hydrogen) atoms. The van der Waals surface area contributed by atoms with Crippen LogP contribution in [-0.2, 0) is 21.3 Å². The first-order valence-corrected chi connectivity index (χ1v) is 16.4. The smallest absolute Gasteiger partial charge is 0.332 e. The Kier molecular flexibility index (Phi) is 10.9. The summed E-state index contributed by atoms with van der Waals surface area (Å²) in [4.78, 5) is 12.7. The maximum absolute atomic E-state index is 12.7. The van der Waals surface area contributed by atoms with Crippen molar-refractivity contribution in [1.82, 2.24) is 0 Å². The summed E-state index contributed by atoms with van der Waals surface area (Å²) in [6, 6.07) is 0.843. The highest BCUT2D eigenvalue weighted by molar-refractivity contribution is 6.60. The Hall–Kier alpha value is -0.0825. The van der Waals surface area contributed by atoms with Crippen molar-refractivity contribution in [1.29, 1.82) is 0 Å². The monoisotopic (exact) mass is 492 g/mol. The Morgan fingerprint density at radius 3 is 1.77 bits per heavy atom. The van der Waals surface area contributed by atoms with Crippen LogP contribution in [0.25, 0.3) is 0 Å². The summed E-state index contributed by atoms with van der Waals surface area (Å²) >= 11 is 0. The summed E-state index contributed by atoms with van der Waals surface area (Å²) in [6.07, 6.45) is 0. The van der Waals surface area contributed by atoms with Crippen molar-refractivity contribution in [2.24, 2.45) is 34.5 Å². The Balaban J connectivity index is 3.50. The molecule has 1 N–H and O–H groups in total. The van der Waals surface area contributed by atoms with Gasteiger partial charge in [-0.15, -0.1) is 0 Å². The first-order chi connectivity index (χ1) is 13.8. The number of hydrogen-bond acceptors (Lipinski definition) is 5. The molecule has 0 aromatic heterocycles. The number of allylic oxidation sites excluding steroid dienone is 1. The van der Waals surface area contributed by atoms with Crippen LogP contribution in [0.1, 0.15) is 69.2 Å². The van der Waals surface area contributed by atoms with Crippen LogP contribution in [0.15, 0.2) is 11.1 Å². The van der Waals surface area contributed by atoms with Crippen molar-refractivity contribution in [3.63, 3.8) is 0 Å². The zero-order valence-electron chi connectivity index (χ0n) is 20.7. The molecule has 176 valence electrons. The molecule has 1 unspecified atom stereocenters. The van der Waals surface area contributed by atoms with Crippen molar-refractivity contribution in [2.45, 2.75) is 75.3 Å². The van der Waals surface area contributed by atoms with Crippen molar-refractivity contribution in [2.75, 3.05) is 0 Å². The van der Waals surface area contributed by atoms with Crippen LogP contribution in [0, 0.1) is 34.5 Å². The minimum atomic E-state index is -1.86. The standard InChI is InChI=1S/C20H44O6Si4/c1-12(2)16(8)17(18(21)22)20(13(3)4,14(5)6)19(9,10)15(7)11-30-25-28-23-27-24-29-26-30/h12-15,30H,11,27-29H2,1-10H3,(H,21,22). The van der Waals surface area contributed by atoms with E-state index in [4.69, 9.17) is 16.5 Å². The molecule has 1 fully saturated rings. The highest BCUT2D eigenvalue weighted by Gasteiger charge is 2.56. The number of hydrogen-bond donors (Lipinski definition) is 1. The quantitative estimate of drug-likeness (QED) is 0.393. The molecule has 0 saturated carbocycles. The highest BCUT2D eigenvalue weighted by Crippen LogP contribution is 2.60. The van der Waals surface area contributed by atoms with E-state index in [2.05, 4.69) is 62.3 Å². The molecule has 0 amide bonds. The minimum Gasteiger partial charge on any atom is -0.478 e. The van der Waals surface area contributed by atoms with Crippen LogP contribution in [0.3, 0.4) is 0 Å². The molecule has 10 heteroatoms. The Morgan fingerprint density at radius 2 is 1.40 bits per heavy atom. The van der Waals surface area contributed by atoms with Gasteiger partial charge in [0.15, 0.2) is 0 Å². The molecule has 1 heterocycles. The fourth-order valence-corrected chi connectivity index (χ4v) is 14.9. The zero-order chi connectivity index (χ0) is 23.3. The summed E-state index contributed by atoms with van der Waals surface area (Å²) in [5.41, 5.74) is 0.813. The predicted molar refractivity (Wildman–Crippen MR) is 132 cm³/mol.